The highest BCUT2D eigenvalue weighted by atomic mass is 79.9. The zero-order valence-corrected chi connectivity index (χ0v) is 14.0. The predicted octanol–water partition coefficient (Wildman–Crippen LogP) is 3.11. The van der Waals surface area contributed by atoms with Gasteiger partial charge in [-0.25, -0.2) is 4.98 Å². The fraction of sp³-hybridized carbons (Fsp3) is 0.118. The number of aromatic nitrogens is 2. The maximum absolute atomic E-state index is 12.5. The van der Waals surface area contributed by atoms with Gasteiger partial charge in [-0.3, -0.25) is 14.2 Å². The number of para-hydroxylation sites is 1. The molecular weight excluding hydrogens is 358 g/mol. The maximum Gasteiger partial charge on any atom is 0.261 e. The average Bonchev–Trinajstić information content (AvgIpc) is 2.51. The number of nitrogens with zero attached hydrogens (tertiary/aromatic N) is 2. The lowest BCUT2D eigenvalue weighted by Gasteiger charge is -2.11. The molecule has 0 aliphatic carbocycles. The lowest BCUT2D eigenvalue weighted by Crippen LogP contribution is -2.30. The number of hydrogen-bond donors (Lipinski definition) is 1. The lowest BCUT2D eigenvalue weighted by molar-refractivity contribution is -0.116. The van der Waals surface area contributed by atoms with Crippen molar-refractivity contribution in [3.05, 3.63) is 69.2 Å². The van der Waals surface area contributed by atoms with Gasteiger partial charge in [-0.15, -0.1) is 0 Å². The first kappa shape index (κ1) is 15.4. The minimum Gasteiger partial charge on any atom is -0.324 e. The molecule has 2 aromatic carbocycles. The van der Waals surface area contributed by atoms with Crippen LogP contribution in [0.5, 0.6) is 0 Å². The summed E-state index contributed by atoms with van der Waals surface area (Å²) in [7, 11) is 0. The second kappa shape index (κ2) is 6.34. The van der Waals surface area contributed by atoms with Gasteiger partial charge in [0.1, 0.15) is 12.4 Å². The Morgan fingerprint density at radius 2 is 2.00 bits per heavy atom. The Balaban J connectivity index is 1.89. The molecule has 0 radical (unpaired) electrons. The molecule has 116 valence electrons. The molecule has 1 heterocycles. The monoisotopic (exact) mass is 371 g/mol. The summed E-state index contributed by atoms with van der Waals surface area (Å²) in [4.78, 5) is 29.1. The van der Waals surface area contributed by atoms with Gasteiger partial charge in [-0.05, 0) is 37.3 Å². The van der Waals surface area contributed by atoms with Gasteiger partial charge in [-0.1, -0.05) is 34.1 Å². The number of carbonyl (C=O) groups is 1. The third-order valence-corrected chi connectivity index (χ3v) is 3.96. The molecule has 1 amide bonds. The van der Waals surface area contributed by atoms with Crippen LogP contribution in [0.1, 0.15) is 5.82 Å². The molecule has 3 rings (SSSR count). The summed E-state index contributed by atoms with van der Waals surface area (Å²) in [5, 5.41) is 3.29. The molecule has 0 saturated heterocycles. The van der Waals surface area contributed by atoms with Gasteiger partial charge in [0, 0.05) is 10.2 Å². The van der Waals surface area contributed by atoms with Gasteiger partial charge in [0.25, 0.3) is 5.56 Å². The Labute approximate surface area is 141 Å². The Hall–Kier alpha value is -2.47. The van der Waals surface area contributed by atoms with Crippen molar-refractivity contribution in [2.45, 2.75) is 13.5 Å². The number of amides is 1. The molecule has 0 aliphatic heterocycles. The molecular formula is C17H14BrN3O2. The average molecular weight is 372 g/mol. The van der Waals surface area contributed by atoms with Crippen molar-refractivity contribution in [2.75, 3.05) is 5.32 Å². The van der Waals surface area contributed by atoms with Gasteiger partial charge in [0.15, 0.2) is 0 Å². The maximum atomic E-state index is 12.5. The molecule has 6 heteroatoms. The fourth-order valence-electron chi connectivity index (χ4n) is 2.38. The van der Waals surface area contributed by atoms with Crippen LogP contribution >= 0.6 is 15.9 Å². The van der Waals surface area contributed by atoms with E-state index in [1.165, 1.54) is 4.57 Å². The van der Waals surface area contributed by atoms with Crippen LogP contribution in [-0.4, -0.2) is 15.5 Å². The van der Waals surface area contributed by atoms with Gasteiger partial charge in [0.05, 0.1) is 10.9 Å². The lowest BCUT2D eigenvalue weighted by atomic mass is 10.2. The normalized spacial score (nSPS) is 10.7. The number of hydrogen-bond acceptors (Lipinski definition) is 3. The van der Waals surface area contributed by atoms with Gasteiger partial charge < -0.3 is 5.32 Å². The summed E-state index contributed by atoms with van der Waals surface area (Å²) in [6.45, 7) is 1.65. The van der Waals surface area contributed by atoms with E-state index in [1.807, 2.05) is 18.2 Å². The number of fused-ring (bicyclic) bond motifs is 1. The molecule has 0 bridgehead atoms. The molecule has 23 heavy (non-hydrogen) atoms. The number of rotatable bonds is 3. The summed E-state index contributed by atoms with van der Waals surface area (Å²) in [5.41, 5.74) is 1.10. The summed E-state index contributed by atoms with van der Waals surface area (Å²) in [6.07, 6.45) is 0. The van der Waals surface area contributed by atoms with Crippen LogP contribution in [0, 0.1) is 6.92 Å². The fourth-order valence-corrected chi connectivity index (χ4v) is 2.77. The van der Waals surface area contributed by atoms with Crippen molar-refractivity contribution in [2.24, 2.45) is 0 Å². The largest absolute Gasteiger partial charge is 0.324 e. The standard InChI is InChI=1S/C17H14BrN3O2/c1-11-19-15-8-3-2-7-14(15)17(23)21(11)10-16(22)20-13-6-4-5-12(18)9-13/h2-9H,10H2,1H3,(H,20,22). The topological polar surface area (TPSA) is 64.0 Å². The Kier molecular flexibility index (Phi) is 4.25. The highest BCUT2D eigenvalue weighted by molar-refractivity contribution is 9.10. The van der Waals surface area contributed by atoms with E-state index < -0.39 is 0 Å². The zero-order chi connectivity index (χ0) is 16.4. The zero-order valence-electron chi connectivity index (χ0n) is 12.4. The minimum atomic E-state index is -0.273. The number of carbonyl (C=O) groups excluding carboxylic acids is 1. The quantitative estimate of drug-likeness (QED) is 0.769. The van der Waals surface area contributed by atoms with Crippen molar-refractivity contribution in [3.8, 4) is 0 Å². The SMILES string of the molecule is Cc1nc2ccccc2c(=O)n1CC(=O)Nc1cccc(Br)c1. The molecule has 1 aromatic heterocycles. The van der Waals surface area contributed by atoms with Gasteiger partial charge >= 0.3 is 0 Å². The van der Waals surface area contributed by atoms with Crippen LogP contribution in [0.15, 0.2) is 57.8 Å². The molecule has 0 saturated carbocycles. The number of nitrogens with one attached hydrogen (secondary N) is 1. The van der Waals surface area contributed by atoms with Crippen LogP contribution in [-0.2, 0) is 11.3 Å². The highest BCUT2D eigenvalue weighted by Crippen LogP contribution is 2.15. The summed E-state index contributed by atoms with van der Waals surface area (Å²) in [6, 6.07) is 14.4. The first-order valence-corrected chi connectivity index (χ1v) is 7.85. The van der Waals surface area contributed by atoms with Crippen LogP contribution in [0.3, 0.4) is 0 Å². The van der Waals surface area contributed by atoms with E-state index in [0.29, 0.717) is 22.4 Å². The first-order chi connectivity index (χ1) is 11.0. The van der Waals surface area contributed by atoms with Crippen molar-refractivity contribution in [1.29, 1.82) is 0 Å². The summed E-state index contributed by atoms with van der Waals surface area (Å²) >= 11 is 3.35. The minimum absolute atomic E-state index is 0.0744. The van der Waals surface area contributed by atoms with E-state index in [0.717, 1.165) is 4.47 Å². The van der Waals surface area contributed by atoms with Gasteiger partial charge in [-0.2, -0.15) is 0 Å². The van der Waals surface area contributed by atoms with Crippen molar-refractivity contribution in [1.82, 2.24) is 9.55 Å². The molecule has 0 atom stereocenters. The summed E-state index contributed by atoms with van der Waals surface area (Å²) < 4.78 is 2.26. The molecule has 5 nitrogen and oxygen atoms in total. The van der Waals surface area contributed by atoms with E-state index in [9.17, 15) is 9.59 Å². The molecule has 0 spiro atoms. The van der Waals surface area contributed by atoms with Crippen LogP contribution in [0.2, 0.25) is 0 Å². The van der Waals surface area contributed by atoms with E-state index >= 15 is 0 Å². The van der Waals surface area contributed by atoms with E-state index in [1.54, 1.807) is 37.3 Å². The molecule has 0 unspecified atom stereocenters. The van der Waals surface area contributed by atoms with Crippen LogP contribution in [0.4, 0.5) is 5.69 Å². The Morgan fingerprint density at radius 1 is 1.22 bits per heavy atom. The van der Waals surface area contributed by atoms with Crippen LogP contribution in [0.25, 0.3) is 10.9 Å². The molecule has 1 N–H and O–H groups in total. The number of benzene rings is 2. The van der Waals surface area contributed by atoms with Gasteiger partial charge in [0.2, 0.25) is 5.91 Å². The summed E-state index contributed by atoms with van der Waals surface area (Å²) in [5.74, 6) is 0.239. The molecule has 3 aromatic rings. The van der Waals surface area contributed by atoms with E-state index in [-0.39, 0.29) is 18.0 Å². The predicted molar refractivity (Wildman–Crippen MR) is 93.5 cm³/mol. The number of aryl methyl sites for hydroxylation is 1. The smallest absolute Gasteiger partial charge is 0.261 e. The van der Waals surface area contributed by atoms with Crippen molar-refractivity contribution in [3.63, 3.8) is 0 Å². The highest BCUT2D eigenvalue weighted by Gasteiger charge is 2.11. The first-order valence-electron chi connectivity index (χ1n) is 7.06. The number of anilines is 1. The van der Waals surface area contributed by atoms with E-state index in [2.05, 4.69) is 26.2 Å². The molecule has 0 fully saturated rings. The second-order valence-electron chi connectivity index (χ2n) is 5.13. The second-order valence-corrected chi connectivity index (χ2v) is 6.04. The van der Waals surface area contributed by atoms with Crippen LogP contribution < -0.4 is 10.9 Å². The van der Waals surface area contributed by atoms with E-state index in [4.69, 9.17) is 0 Å². The Morgan fingerprint density at radius 3 is 2.78 bits per heavy atom. The Bertz CT molecular complexity index is 950. The van der Waals surface area contributed by atoms with Crippen molar-refractivity contribution < 1.29 is 4.79 Å². The van der Waals surface area contributed by atoms with Crippen molar-refractivity contribution >= 4 is 38.4 Å². The number of halogens is 1. The third kappa shape index (κ3) is 3.32. The molecule has 0 aliphatic rings. The third-order valence-electron chi connectivity index (χ3n) is 3.46.